The molecule has 2 saturated heterocycles. The van der Waals surface area contributed by atoms with E-state index in [1.54, 1.807) is 4.90 Å². The molecule has 1 aromatic carbocycles. The van der Waals surface area contributed by atoms with E-state index in [1.165, 1.54) is 5.56 Å². The lowest BCUT2D eigenvalue weighted by Gasteiger charge is -2.18. The van der Waals surface area contributed by atoms with Gasteiger partial charge in [-0.15, -0.1) is 0 Å². The van der Waals surface area contributed by atoms with Crippen molar-refractivity contribution < 1.29 is 14.3 Å². The van der Waals surface area contributed by atoms with Crippen LogP contribution in [0.1, 0.15) is 30.4 Å². The molecule has 1 N–H and O–H groups in total. The zero-order valence-corrected chi connectivity index (χ0v) is 13.8. The number of nitrogens with one attached hydrogen (secondary N) is 1. The van der Waals surface area contributed by atoms with Gasteiger partial charge in [0.05, 0.1) is 12.0 Å². The number of ether oxygens (including phenoxy) is 1. The maximum Gasteiger partial charge on any atom is 0.227 e. The first kappa shape index (κ1) is 16.0. The van der Waals surface area contributed by atoms with Gasteiger partial charge in [-0.05, 0) is 49.9 Å². The minimum absolute atomic E-state index is 0.0190. The third-order valence-electron chi connectivity index (χ3n) is 4.83. The largest absolute Gasteiger partial charge is 0.376 e. The third-order valence-corrected chi connectivity index (χ3v) is 4.83. The Morgan fingerprint density at radius 3 is 2.87 bits per heavy atom. The molecule has 2 heterocycles. The highest BCUT2D eigenvalue weighted by Crippen LogP contribution is 2.27. The zero-order chi connectivity index (χ0) is 16.4. The maximum absolute atomic E-state index is 12.3. The molecule has 0 radical (unpaired) electrons. The molecular weight excluding hydrogens is 292 g/mol. The third kappa shape index (κ3) is 3.55. The molecule has 2 aliphatic heterocycles. The number of rotatable bonds is 4. The Morgan fingerprint density at radius 1 is 1.35 bits per heavy atom. The van der Waals surface area contributed by atoms with E-state index in [-0.39, 0.29) is 30.3 Å². The molecule has 2 atom stereocenters. The van der Waals surface area contributed by atoms with Crippen LogP contribution in [0.4, 0.5) is 5.69 Å². The van der Waals surface area contributed by atoms with Crippen LogP contribution < -0.4 is 10.2 Å². The predicted molar refractivity (Wildman–Crippen MR) is 88.4 cm³/mol. The smallest absolute Gasteiger partial charge is 0.227 e. The van der Waals surface area contributed by atoms with E-state index in [0.717, 1.165) is 30.7 Å². The molecule has 2 amide bonds. The van der Waals surface area contributed by atoms with Crippen molar-refractivity contribution in [2.45, 2.75) is 39.2 Å². The molecule has 5 heteroatoms. The lowest BCUT2D eigenvalue weighted by atomic mass is 10.1. The molecule has 1 aromatic rings. The second-order valence-electron chi connectivity index (χ2n) is 6.55. The van der Waals surface area contributed by atoms with Gasteiger partial charge < -0.3 is 15.0 Å². The van der Waals surface area contributed by atoms with E-state index in [1.807, 2.05) is 32.0 Å². The standard InChI is InChI=1S/C18H24N2O3/c1-12-5-6-15(8-13(12)2)20-11-14(9-17(20)21)18(22)19-10-16-4-3-7-23-16/h5-6,8,14,16H,3-4,7,9-11H2,1-2H3,(H,19,22)/t14-,16-/m0/s1. The summed E-state index contributed by atoms with van der Waals surface area (Å²) < 4.78 is 5.51. The predicted octanol–water partition coefficient (Wildman–Crippen LogP) is 1.95. The van der Waals surface area contributed by atoms with Crippen molar-refractivity contribution in [1.29, 1.82) is 0 Å². The molecule has 124 valence electrons. The number of carbonyl (C=O) groups is 2. The number of hydrogen-bond acceptors (Lipinski definition) is 3. The summed E-state index contributed by atoms with van der Waals surface area (Å²) in [6.07, 6.45) is 2.47. The summed E-state index contributed by atoms with van der Waals surface area (Å²) in [5.74, 6) is -0.295. The first-order valence-corrected chi connectivity index (χ1v) is 8.31. The summed E-state index contributed by atoms with van der Waals surface area (Å²) in [7, 11) is 0. The van der Waals surface area contributed by atoms with Gasteiger partial charge in [0.25, 0.3) is 0 Å². The zero-order valence-electron chi connectivity index (χ0n) is 13.8. The molecule has 2 aliphatic rings. The average Bonchev–Trinajstić information content (AvgIpc) is 3.17. The van der Waals surface area contributed by atoms with Crippen LogP contribution in [0.15, 0.2) is 18.2 Å². The van der Waals surface area contributed by atoms with Crippen LogP contribution in [0.3, 0.4) is 0 Å². The molecule has 0 aliphatic carbocycles. The van der Waals surface area contributed by atoms with Crippen molar-refractivity contribution in [2.24, 2.45) is 5.92 Å². The summed E-state index contributed by atoms with van der Waals surface area (Å²) in [4.78, 5) is 26.3. The Labute approximate surface area is 137 Å². The molecule has 5 nitrogen and oxygen atoms in total. The molecule has 2 fully saturated rings. The lowest BCUT2D eigenvalue weighted by Crippen LogP contribution is -2.37. The summed E-state index contributed by atoms with van der Waals surface area (Å²) in [5, 5.41) is 2.94. The highest BCUT2D eigenvalue weighted by atomic mass is 16.5. The van der Waals surface area contributed by atoms with Crippen LogP contribution >= 0.6 is 0 Å². The molecule has 0 unspecified atom stereocenters. The summed E-state index contributed by atoms with van der Waals surface area (Å²) in [6, 6.07) is 5.98. The minimum Gasteiger partial charge on any atom is -0.376 e. The normalized spacial score (nSPS) is 24.3. The number of aryl methyl sites for hydroxylation is 2. The van der Waals surface area contributed by atoms with Crippen molar-refractivity contribution in [3.05, 3.63) is 29.3 Å². The Morgan fingerprint density at radius 2 is 2.17 bits per heavy atom. The van der Waals surface area contributed by atoms with Crippen LogP contribution in [0, 0.1) is 19.8 Å². The average molecular weight is 316 g/mol. The second-order valence-corrected chi connectivity index (χ2v) is 6.55. The van der Waals surface area contributed by atoms with Crippen molar-refractivity contribution in [3.63, 3.8) is 0 Å². The summed E-state index contributed by atoms with van der Waals surface area (Å²) in [6.45, 7) is 5.87. The Balaban J connectivity index is 1.59. The van der Waals surface area contributed by atoms with Gasteiger partial charge in [-0.1, -0.05) is 6.07 Å². The number of amides is 2. The van der Waals surface area contributed by atoms with Crippen LogP contribution in [-0.2, 0) is 14.3 Å². The van der Waals surface area contributed by atoms with Crippen molar-refractivity contribution in [1.82, 2.24) is 5.32 Å². The van der Waals surface area contributed by atoms with E-state index in [9.17, 15) is 9.59 Å². The Kier molecular flexibility index (Phi) is 4.66. The first-order chi connectivity index (χ1) is 11.0. The van der Waals surface area contributed by atoms with Gasteiger partial charge in [0.1, 0.15) is 0 Å². The Bertz CT molecular complexity index is 608. The van der Waals surface area contributed by atoms with Crippen LogP contribution in [-0.4, -0.2) is 37.6 Å². The van der Waals surface area contributed by atoms with Gasteiger partial charge in [-0.3, -0.25) is 9.59 Å². The van der Waals surface area contributed by atoms with Crippen LogP contribution in [0.2, 0.25) is 0 Å². The first-order valence-electron chi connectivity index (χ1n) is 8.31. The topological polar surface area (TPSA) is 58.6 Å². The highest BCUT2D eigenvalue weighted by Gasteiger charge is 2.35. The Hall–Kier alpha value is -1.88. The highest BCUT2D eigenvalue weighted by molar-refractivity contribution is 6.00. The number of benzene rings is 1. The van der Waals surface area contributed by atoms with Gasteiger partial charge >= 0.3 is 0 Å². The van der Waals surface area contributed by atoms with E-state index in [0.29, 0.717) is 13.1 Å². The number of carbonyl (C=O) groups excluding carboxylic acids is 2. The quantitative estimate of drug-likeness (QED) is 0.924. The van der Waals surface area contributed by atoms with Gasteiger partial charge in [-0.2, -0.15) is 0 Å². The lowest BCUT2D eigenvalue weighted by molar-refractivity contribution is -0.126. The van der Waals surface area contributed by atoms with Gasteiger partial charge in [0, 0.05) is 31.8 Å². The maximum atomic E-state index is 12.3. The molecule has 0 aromatic heterocycles. The van der Waals surface area contributed by atoms with Gasteiger partial charge in [0.2, 0.25) is 11.8 Å². The molecule has 3 rings (SSSR count). The van der Waals surface area contributed by atoms with Gasteiger partial charge in [-0.25, -0.2) is 0 Å². The van der Waals surface area contributed by atoms with Crippen molar-refractivity contribution in [2.75, 3.05) is 24.6 Å². The molecular formula is C18H24N2O3. The number of anilines is 1. The van der Waals surface area contributed by atoms with Gasteiger partial charge in [0.15, 0.2) is 0 Å². The fourth-order valence-electron chi connectivity index (χ4n) is 3.19. The molecule has 23 heavy (non-hydrogen) atoms. The number of nitrogens with zero attached hydrogens (tertiary/aromatic N) is 1. The van der Waals surface area contributed by atoms with Crippen LogP contribution in [0.25, 0.3) is 0 Å². The monoisotopic (exact) mass is 316 g/mol. The van der Waals surface area contributed by atoms with E-state index in [4.69, 9.17) is 4.74 Å². The minimum atomic E-state index is -0.273. The van der Waals surface area contributed by atoms with Crippen molar-refractivity contribution in [3.8, 4) is 0 Å². The van der Waals surface area contributed by atoms with E-state index in [2.05, 4.69) is 5.32 Å². The fraction of sp³-hybridized carbons (Fsp3) is 0.556. The number of hydrogen-bond donors (Lipinski definition) is 1. The second kappa shape index (κ2) is 6.71. The molecule has 0 bridgehead atoms. The molecule has 0 saturated carbocycles. The van der Waals surface area contributed by atoms with Crippen LogP contribution in [0.5, 0.6) is 0 Å². The fourth-order valence-corrected chi connectivity index (χ4v) is 3.19. The molecule has 0 spiro atoms. The van der Waals surface area contributed by atoms with E-state index < -0.39 is 0 Å². The van der Waals surface area contributed by atoms with E-state index >= 15 is 0 Å². The summed E-state index contributed by atoms with van der Waals surface area (Å²) in [5.41, 5.74) is 3.24. The summed E-state index contributed by atoms with van der Waals surface area (Å²) >= 11 is 0. The SMILES string of the molecule is Cc1ccc(N2C[C@@H](C(=O)NC[C@@H]3CCCO3)CC2=O)cc1C. The van der Waals surface area contributed by atoms with Crippen molar-refractivity contribution >= 4 is 17.5 Å².